The molecule has 3 heterocycles. The molecule has 1 aromatic heterocycles. The van der Waals surface area contributed by atoms with Crippen LogP contribution in [0.2, 0.25) is 0 Å². The molecule has 148 valence electrons. The molecular formula is C20H28Cl2N4O. The molecule has 3 atom stereocenters. The van der Waals surface area contributed by atoms with E-state index in [9.17, 15) is 4.79 Å². The summed E-state index contributed by atoms with van der Waals surface area (Å²) in [7, 11) is 2.22. The number of aromatic nitrogens is 2. The summed E-state index contributed by atoms with van der Waals surface area (Å²) in [4.78, 5) is 21.5. The first-order chi connectivity index (χ1) is 12.0. The summed E-state index contributed by atoms with van der Waals surface area (Å²) < 4.78 is 1.93. The Labute approximate surface area is 173 Å². The number of hydrogen-bond donors (Lipinski definition) is 0. The van der Waals surface area contributed by atoms with Crippen LogP contribution in [0.4, 0.5) is 0 Å². The van der Waals surface area contributed by atoms with Crippen molar-refractivity contribution in [2.45, 2.75) is 26.4 Å². The molecule has 5 nitrogen and oxygen atoms in total. The first-order valence-corrected chi connectivity index (χ1v) is 9.06. The molecule has 0 bridgehead atoms. The van der Waals surface area contributed by atoms with Gasteiger partial charge in [-0.05, 0) is 37.9 Å². The molecule has 0 radical (unpaired) electrons. The van der Waals surface area contributed by atoms with Gasteiger partial charge in [0.1, 0.15) is 12.4 Å². The zero-order valence-corrected chi connectivity index (χ0v) is 17.7. The molecule has 1 amide bonds. The van der Waals surface area contributed by atoms with Crippen molar-refractivity contribution in [3.05, 3.63) is 53.6 Å². The maximum absolute atomic E-state index is 12.8. The van der Waals surface area contributed by atoms with Crippen molar-refractivity contribution in [1.82, 2.24) is 19.4 Å². The second-order valence-corrected chi connectivity index (χ2v) is 7.57. The smallest absolute Gasteiger partial charge is 0.242 e. The van der Waals surface area contributed by atoms with Crippen molar-refractivity contribution < 1.29 is 4.79 Å². The van der Waals surface area contributed by atoms with Crippen LogP contribution in [-0.4, -0.2) is 51.9 Å². The number of carbonyl (C=O) groups excluding carboxylic acids is 1. The van der Waals surface area contributed by atoms with Gasteiger partial charge in [-0.25, -0.2) is 4.98 Å². The third-order valence-corrected chi connectivity index (χ3v) is 5.98. The number of hydrogen-bond acceptors (Lipinski definition) is 3. The van der Waals surface area contributed by atoms with E-state index < -0.39 is 0 Å². The number of rotatable bonds is 3. The van der Waals surface area contributed by atoms with Crippen molar-refractivity contribution in [3.8, 4) is 0 Å². The molecule has 2 aliphatic rings. The van der Waals surface area contributed by atoms with Crippen molar-refractivity contribution in [1.29, 1.82) is 0 Å². The number of aryl methyl sites for hydroxylation is 2. The highest BCUT2D eigenvalue weighted by Gasteiger charge is 2.47. The maximum Gasteiger partial charge on any atom is 0.242 e. The topological polar surface area (TPSA) is 41.4 Å². The molecule has 2 aromatic rings. The van der Waals surface area contributed by atoms with Crippen LogP contribution in [0.1, 0.15) is 23.0 Å². The van der Waals surface area contributed by atoms with Crippen LogP contribution in [0, 0.1) is 25.7 Å². The summed E-state index contributed by atoms with van der Waals surface area (Å²) in [5.41, 5.74) is 2.76. The second kappa shape index (κ2) is 8.63. The Morgan fingerprint density at radius 3 is 2.56 bits per heavy atom. The highest BCUT2D eigenvalue weighted by Crippen LogP contribution is 2.44. The number of imidazole rings is 1. The zero-order chi connectivity index (χ0) is 17.6. The van der Waals surface area contributed by atoms with Crippen LogP contribution in [0.15, 0.2) is 36.7 Å². The Bertz CT molecular complexity index is 794. The number of amides is 1. The van der Waals surface area contributed by atoms with Gasteiger partial charge >= 0.3 is 0 Å². The van der Waals surface area contributed by atoms with E-state index >= 15 is 0 Å². The molecule has 27 heavy (non-hydrogen) atoms. The van der Waals surface area contributed by atoms with E-state index in [1.807, 2.05) is 17.7 Å². The Kier molecular flexibility index (Phi) is 6.95. The van der Waals surface area contributed by atoms with Gasteiger partial charge in [0, 0.05) is 44.0 Å². The van der Waals surface area contributed by atoms with E-state index in [2.05, 4.69) is 53.0 Å². The van der Waals surface area contributed by atoms with Gasteiger partial charge in [-0.15, -0.1) is 24.8 Å². The van der Waals surface area contributed by atoms with Gasteiger partial charge in [-0.2, -0.15) is 0 Å². The van der Waals surface area contributed by atoms with Crippen LogP contribution < -0.4 is 0 Å². The van der Waals surface area contributed by atoms with Gasteiger partial charge in [0.05, 0.1) is 0 Å². The van der Waals surface area contributed by atoms with Crippen LogP contribution >= 0.6 is 24.8 Å². The third-order valence-electron chi connectivity index (χ3n) is 5.98. The van der Waals surface area contributed by atoms with Gasteiger partial charge in [0.15, 0.2) is 0 Å². The lowest BCUT2D eigenvalue weighted by atomic mass is 9.88. The molecule has 0 spiro atoms. The van der Waals surface area contributed by atoms with Crippen molar-refractivity contribution in [3.63, 3.8) is 0 Å². The number of halogens is 2. The monoisotopic (exact) mass is 410 g/mol. The minimum absolute atomic E-state index is 0. The minimum Gasteiger partial charge on any atom is -0.340 e. The summed E-state index contributed by atoms with van der Waals surface area (Å²) in [6.45, 7) is 7.34. The number of nitrogens with zero attached hydrogens (tertiary/aromatic N) is 4. The molecular weight excluding hydrogens is 383 g/mol. The Hall–Kier alpha value is -1.56. The lowest BCUT2D eigenvalue weighted by Crippen LogP contribution is -2.35. The van der Waals surface area contributed by atoms with E-state index in [4.69, 9.17) is 0 Å². The lowest BCUT2D eigenvalue weighted by Gasteiger charge is -2.28. The number of fused-ring (bicyclic) bond motifs is 1. The highest BCUT2D eigenvalue weighted by molar-refractivity contribution is 5.85. The van der Waals surface area contributed by atoms with E-state index in [-0.39, 0.29) is 30.7 Å². The Morgan fingerprint density at radius 1 is 1.15 bits per heavy atom. The van der Waals surface area contributed by atoms with E-state index in [0.717, 1.165) is 25.5 Å². The van der Waals surface area contributed by atoms with Gasteiger partial charge in [0.25, 0.3) is 0 Å². The fraction of sp³-hybridized carbons (Fsp3) is 0.500. The second-order valence-electron chi connectivity index (χ2n) is 7.57. The fourth-order valence-electron chi connectivity index (χ4n) is 4.66. The molecule has 1 aromatic carbocycles. The molecule has 7 heteroatoms. The van der Waals surface area contributed by atoms with Crippen LogP contribution in [0.25, 0.3) is 0 Å². The standard InChI is InChI=1S/C20H26N4O.2ClH/c1-14-6-4-5-7-17(14)20-18-12-24(11-16(18)10-22(20)3)19(25)13-23-9-8-21-15(23)2;;/h4-9,16,18,20H,10-13H2,1-3H3;2*1H/t16-,18+,20-;;/m0../s1. The average molecular weight is 411 g/mol. The van der Waals surface area contributed by atoms with Gasteiger partial charge in [-0.3, -0.25) is 9.69 Å². The van der Waals surface area contributed by atoms with E-state index in [1.165, 1.54) is 11.1 Å². The first kappa shape index (κ1) is 21.7. The quantitative estimate of drug-likeness (QED) is 0.780. The molecule has 0 N–H and O–H groups in total. The predicted octanol–water partition coefficient (Wildman–Crippen LogP) is 3.10. The first-order valence-electron chi connectivity index (χ1n) is 9.06. The zero-order valence-electron chi connectivity index (χ0n) is 16.0. The third kappa shape index (κ3) is 4.00. The molecule has 0 unspecified atom stereocenters. The van der Waals surface area contributed by atoms with Crippen molar-refractivity contribution in [2.75, 3.05) is 26.7 Å². The lowest BCUT2D eigenvalue weighted by molar-refractivity contribution is -0.131. The molecule has 2 aliphatic heterocycles. The summed E-state index contributed by atoms with van der Waals surface area (Å²) in [5, 5.41) is 0. The number of benzene rings is 1. The average Bonchev–Trinajstić information content (AvgIpc) is 3.23. The minimum atomic E-state index is 0. The van der Waals surface area contributed by atoms with Crippen LogP contribution in [0.3, 0.4) is 0 Å². The largest absolute Gasteiger partial charge is 0.340 e. The maximum atomic E-state index is 12.8. The molecule has 0 saturated carbocycles. The summed E-state index contributed by atoms with van der Waals surface area (Å²) in [6, 6.07) is 9.08. The van der Waals surface area contributed by atoms with Crippen molar-refractivity contribution in [2.24, 2.45) is 11.8 Å². The summed E-state index contributed by atoms with van der Waals surface area (Å²) in [6.07, 6.45) is 3.64. The summed E-state index contributed by atoms with van der Waals surface area (Å²) >= 11 is 0. The highest BCUT2D eigenvalue weighted by atomic mass is 35.5. The fourth-order valence-corrected chi connectivity index (χ4v) is 4.66. The Balaban J connectivity index is 0.00000131. The predicted molar refractivity (Wildman–Crippen MR) is 112 cm³/mol. The molecule has 0 aliphatic carbocycles. The van der Waals surface area contributed by atoms with E-state index in [0.29, 0.717) is 24.4 Å². The number of likely N-dealkylation sites (tertiary alicyclic amines) is 2. The van der Waals surface area contributed by atoms with Crippen LogP contribution in [0.5, 0.6) is 0 Å². The molecule has 2 fully saturated rings. The SMILES string of the molecule is Cc1ccccc1[C@H]1[C@@H]2CN(C(=O)Cn3ccnc3C)C[C@@H]2CN1C.Cl.Cl. The van der Waals surface area contributed by atoms with Crippen molar-refractivity contribution >= 4 is 30.7 Å². The van der Waals surface area contributed by atoms with Gasteiger partial charge < -0.3 is 9.47 Å². The summed E-state index contributed by atoms with van der Waals surface area (Å²) in [5.74, 6) is 2.20. The van der Waals surface area contributed by atoms with Gasteiger partial charge in [-0.1, -0.05) is 24.3 Å². The van der Waals surface area contributed by atoms with Gasteiger partial charge in [0.2, 0.25) is 5.91 Å². The number of carbonyl (C=O) groups is 1. The normalized spacial score (nSPS) is 24.3. The van der Waals surface area contributed by atoms with E-state index in [1.54, 1.807) is 6.20 Å². The van der Waals surface area contributed by atoms with Crippen LogP contribution in [-0.2, 0) is 11.3 Å². The molecule has 4 rings (SSSR count). The molecule has 2 saturated heterocycles. The Morgan fingerprint density at radius 2 is 1.89 bits per heavy atom.